The molecule has 2 rings (SSSR count). The molecule has 0 aliphatic rings. The van der Waals surface area contributed by atoms with E-state index in [9.17, 15) is 0 Å². The molecule has 0 aliphatic heterocycles. The SMILES string of the molecule is CC(C)Oc1ccc(C(N)CSc2ccccc2)cc1. The highest BCUT2D eigenvalue weighted by atomic mass is 32.2. The molecule has 0 amide bonds. The van der Waals surface area contributed by atoms with E-state index in [4.69, 9.17) is 10.5 Å². The van der Waals surface area contributed by atoms with Gasteiger partial charge in [-0.2, -0.15) is 0 Å². The number of rotatable bonds is 6. The molecule has 2 N–H and O–H groups in total. The average molecular weight is 287 g/mol. The molecule has 3 heteroatoms. The van der Waals surface area contributed by atoms with Gasteiger partial charge >= 0.3 is 0 Å². The van der Waals surface area contributed by atoms with Crippen LogP contribution in [0.1, 0.15) is 25.5 Å². The van der Waals surface area contributed by atoms with E-state index in [0.29, 0.717) is 0 Å². The molecule has 20 heavy (non-hydrogen) atoms. The Labute approximate surface area is 125 Å². The summed E-state index contributed by atoms with van der Waals surface area (Å²) in [6, 6.07) is 18.4. The lowest BCUT2D eigenvalue weighted by Gasteiger charge is -2.14. The van der Waals surface area contributed by atoms with Crippen LogP contribution in [0.4, 0.5) is 0 Å². The summed E-state index contributed by atoms with van der Waals surface area (Å²) in [4.78, 5) is 1.25. The molecular formula is C17H21NOS. The van der Waals surface area contributed by atoms with Gasteiger partial charge in [0.15, 0.2) is 0 Å². The molecule has 0 heterocycles. The standard InChI is InChI=1S/C17H21NOS/c1-13(2)19-15-10-8-14(9-11-15)17(18)12-20-16-6-4-3-5-7-16/h3-11,13,17H,12,18H2,1-2H3. The summed E-state index contributed by atoms with van der Waals surface area (Å²) in [5.41, 5.74) is 7.38. The maximum Gasteiger partial charge on any atom is 0.119 e. The van der Waals surface area contributed by atoms with Crippen molar-refractivity contribution in [3.05, 3.63) is 60.2 Å². The molecule has 2 nitrogen and oxygen atoms in total. The van der Waals surface area contributed by atoms with Gasteiger partial charge in [0, 0.05) is 16.7 Å². The summed E-state index contributed by atoms with van der Waals surface area (Å²) in [5.74, 6) is 1.76. The lowest BCUT2D eigenvalue weighted by atomic mass is 10.1. The van der Waals surface area contributed by atoms with Gasteiger partial charge in [0.2, 0.25) is 0 Å². The zero-order valence-electron chi connectivity index (χ0n) is 12.0. The molecule has 0 saturated heterocycles. The van der Waals surface area contributed by atoms with Gasteiger partial charge in [0.1, 0.15) is 5.75 Å². The molecular weight excluding hydrogens is 266 g/mol. The maximum absolute atomic E-state index is 6.23. The van der Waals surface area contributed by atoms with Crippen LogP contribution in [0, 0.1) is 0 Å². The van der Waals surface area contributed by atoms with Crippen LogP contribution in [0.3, 0.4) is 0 Å². The van der Waals surface area contributed by atoms with Crippen molar-refractivity contribution in [2.45, 2.75) is 30.9 Å². The van der Waals surface area contributed by atoms with E-state index in [1.807, 2.05) is 56.3 Å². The third kappa shape index (κ3) is 4.58. The van der Waals surface area contributed by atoms with Crippen molar-refractivity contribution in [3.63, 3.8) is 0 Å². The molecule has 1 atom stereocenters. The molecule has 0 aromatic heterocycles. The number of benzene rings is 2. The smallest absolute Gasteiger partial charge is 0.119 e. The molecule has 2 aromatic rings. The van der Waals surface area contributed by atoms with E-state index in [1.165, 1.54) is 4.90 Å². The minimum absolute atomic E-state index is 0.0355. The van der Waals surface area contributed by atoms with Crippen molar-refractivity contribution in [3.8, 4) is 5.75 Å². The third-order valence-corrected chi connectivity index (χ3v) is 3.98. The fourth-order valence-electron chi connectivity index (χ4n) is 1.86. The van der Waals surface area contributed by atoms with E-state index < -0.39 is 0 Å². The highest BCUT2D eigenvalue weighted by Gasteiger charge is 2.07. The molecule has 106 valence electrons. The topological polar surface area (TPSA) is 35.2 Å². The number of hydrogen-bond donors (Lipinski definition) is 1. The van der Waals surface area contributed by atoms with Crippen molar-refractivity contribution in [1.82, 2.24) is 0 Å². The predicted octanol–water partition coefficient (Wildman–Crippen LogP) is 4.27. The van der Waals surface area contributed by atoms with Gasteiger partial charge in [-0.3, -0.25) is 0 Å². The van der Waals surface area contributed by atoms with Crippen LogP contribution in [-0.2, 0) is 0 Å². The molecule has 0 radical (unpaired) electrons. The van der Waals surface area contributed by atoms with Crippen LogP contribution < -0.4 is 10.5 Å². The summed E-state index contributed by atoms with van der Waals surface area (Å²) < 4.78 is 5.63. The van der Waals surface area contributed by atoms with Crippen molar-refractivity contribution >= 4 is 11.8 Å². The Kier molecular flexibility index (Phi) is 5.50. The summed E-state index contributed by atoms with van der Waals surface area (Å²) in [6.45, 7) is 4.05. The lowest BCUT2D eigenvalue weighted by Crippen LogP contribution is -2.13. The minimum atomic E-state index is 0.0355. The summed E-state index contributed by atoms with van der Waals surface area (Å²) in [7, 11) is 0. The monoisotopic (exact) mass is 287 g/mol. The van der Waals surface area contributed by atoms with Crippen molar-refractivity contribution in [1.29, 1.82) is 0 Å². The fourth-order valence-corrected chi connectivity index (χ4v) is 2.78. The Morgan fingerprint density at radius 2 is 1.65 bits per heavy atom. The average Bonchev–Trinajstić information content (AvgIpc) is 2.46. The quantitative estimate of drug-likeness (QED) is 0.806. The van der Waals surface area contributed by atoms with Crippen LogP contribution in [0.15, 0.2) is 59.5 Å². The van der Waals surface area contributed by atoms with Gasteiger partial charge in [-0.05, 0) is 43.7 Å². The Morgan fingerprint density at radius 3 is 2.25 bits per heavy atom. The minimum Gasteiger partial charge on any atom is -0.491 e. The Bertz CT molecular complexity index is 510. The molecule has 0 bridgehead atoms. The van der Waals surface area contributed by atoms with E-state index >= 15 is 0 Å². The maximum atomic E-state index is 6.23. The number of nitrogens with two attached hydrogens (primary N) is 1. The molecule has 0 fully saturated rings. The zero-order valence-corrected chi connectivity index (χ0v) is 12.8. The van der Waals surface area contributed by atoms with Gasteiger partial charge in [-0.25, -0.2) is 0 Å². The van der Waals surface area contributed by atoms with Crippen LogP contribution in [0.5, 0.6) is 5.75 Å². The predicted molar refractivity (Wildman–Crippen MR) is 86.3 cm³/mol. The highest BCUT2D eigenvalue weighted by molar-refractivity contribution is 7.99. The summed E-state index contributed by atoms with van der Waals surface area (Å²) in [5, 5.41) is 0. The summed E-state index contributed by atoms with van der Waals surface area (Å²) in [6.07, 6.45) is 0.197. The molecule has 2 aromatic carbocycles. The second-order valence-electron chi connectivity index (χ2n) is 4.97. The fraction of sp³-hybridized carbons (Fsp3) is 0.294. The third-order valence-electron chi connectivity index (χ3n) is 2.85. The summed E-state index contributed by atoms with van der Waals surface area (Å²) >= 11 is 1.78. The van der Waals surface area contributed by atoms with Crippen LogP contribution >= 0.6 is 11.8 Å². The van der Waals surface area contributed by atoms with E-state index in [-0.39, 0.29) is 12.1 Å². The first-order valence-corrected chi connectivity index (χ1v) is 7.84. The molecule has 1 unspecified atom stereocenters. The van der Waals surface area contributed by atoms with Gasteiger partial charge < -0.3 is 10.5 Å². The molecule has 0 saturated carbocycles. The van der Waals surface area contributed by atoms with E-state index in [2.05, 4.69) is 12.1 Å². The lowest BCUT2D eigenvalue weighted by molar-refractivity contribution is 0.242. The van der Waals surface area contributed by atoms with Gasteiger partial charge in [0.25, 0.3) is 0 Å². The van der Waals surface area contributed by atoms with Gasteiger partial charge in [-0.1, -0.05) is 30.3 Å². The van der Waals surface area contributed by atoms with Crippen molar-refractivity contribution in [2.24, 2.45) is 5.73 Å². The number of thioether (sulfide) groups is 1. The first-order chi connectivity index (χ1) is 9.65. The normalized spacial score (nSPS) is 12.4. The van der Waals surface area contributed by atoms with Crippen molar-refractivity contribution in [2.75, 3.05) is 5.75 Å². The Morgan fingerprint density at radius 1 is 1.00 bits per heavy atom. The van der Waals surface area contributed by atoms with Gasteiger partial charge in [0.05, 0.1) is 6.10 Å². The number of hydrogen-bond acceptors (Lipinski definition) is 3. The number of ether oxygens (including phenoxy) is 1. The first kappa shape index (κ1) is 14.9. The molecule has 0 spiro atoms. The van der Waals surface area contributed by atoms with Crippen LogP contribution in [0.2, 0.25) is 0 Å². The zero-order chi connectivity index (χ0) is 14.4. The molecule has 0 aliphatic carbocycles. The van der Waals surface area contributed by atoms with Crippen molar-refractivity contribution < 1.29 is 4.74 Å². The first-order valence-electron chi connectivity index (χ1n) is 6.85. The highest BCUT2D eigenvalue weighted by Crippen LogP contribution is 2.24. The second kappa shape index (κ2) is 7.36. The second-order valence-corrected chi connectivity index (χ2v) is 6.06. The van der Waals surface area contributed by atoms with E-state index in [0.717, 1.165) is 17.1 Å². The van der Waals surface area contributed by atoms with E-state index in [1.54, 1.807) is 11.8 Å². The Hall–Kier alpha value is -1.45. The van der Waals surface area contributed by atoms with Crippen LogP contribution in [0.25, 0.3) is 0 Å². The Balaban J connectivity index is 1.90. The van der Waals surface area contributed by atoms with Gasteiger partial charge in [-0.15, -0.1) is 11.8 Å². The largest absolute Gasteiger partial charge is 0.491 e. The van der Waals surface area contributed by atoms with Crippen LogP contribution in [-0.4, -0.2) is 11.9 Å².